The molecule has 4 rings (SSSR count). The Morgan fingerprint density at radius 1 is 0.880 bits per heavy atom. The number of rotatable bonds is 3. The second kappa shape index (κ2) is 5.91. The molecule has 1 aromatic carbocycles. The van der Waals surface area contributed by atoms with Crippen LogP contribution < -0.4 is 17.2 Å². The van der Waals surface area contributed by atoms with Crippen LogP contribution in [0.4, 0.5) is 17.3 Å². The van der Waals surface area contributed by atoms with E-state index in [9.17, 15) is 0 Å². The van der Waals surface area contributed by atoms with Gasteiger partial charge in [0.25, 0.3) is 5.95 Å². The fourth-order valence-electron chi connectivity index (χ4n) is 2.28. The number of hydrogen-bond donors (Lipinski definition) is 3. The van der Waals surface area contributed by atoms with Crippen molar-refractivity contribution in [1.82, 2.24) is 29.7 Å². The Labute approximate surface area is 146 Å². The van der Waals surface area contributed by atoms with Crippen LogP contribution in [-0.2, 0) is 0 Å². The third-order valence-electron chi connectivity index (χ3n) is 3.47. The molecule has 0 atom stereocenters. The average Bonchev–Trinajstić information content (AvgIpc) is 2.99. The number of aromatic nitrogens is 6. The number of para-hydroxylation sites is 1. The quantitative estimate of drug-likeness (QED) is 0.467. The lowest BCUT2D eigenvalue weighted by Gasteiger charge is -2.06. The van der Waals surface area contributed by atoms with Crippen molar-refractivity contribution in [2.45, 2.75) is 10.2 Å². The molecule has 3 heterocycles. The lowest BCUT2D eigenvalue weighted by molar-refractivity contribution is 0.802. The van der Waals surface area contributed by atoms with Gasteiger partial charge in [0.1, 0.15) is 10.7 Å². The van der Waals surface area contributed by atoms with E-state index in [-0.39, 0.29) is 23.3 Å². The van der Waals surface area contributed by atoms with Gasteiger partial charge < -0.3 is 17.2 Å². The summed E-state index contributed by atoms with van der Waals surface area (Å²) in [5.41, 5.74) is 18.3. The van der Waals surface area contributed by atoms with Gasteiger partial charge in [0.15, 0.2) is 16.8 Å². The summed E-state index contributed by atoms with van der Waals surface area (Å²) in [5.74, 6) is 0.478. The maximum absolute atomic E-state index is 5.81. The van der Waals surface area contributed by atoms with Crippen LogP contribution in [0.3, 0.4) is 0 Å². The third kappa shape index (κ3) is 2.68. The first-order valence-corrected chi connectivity index (χ1v) is 8.06. The first kappa shape index (κ1) is 15.1. The van der Waals surface area contributed by atoms with Crippen LogP contribution in [0.25, 0.3) is 16.9 Å². The number of anilines is 3. The van der Waals surface area contributed by atoms with Crippen molar-refractivity contribution in [3.8, 4) is 5.95 Å². The Hall–Kier alpha value is -3.40. The molecule has 6 N–H and O–H groups in total. The first-order valence-electron chi connectivity index (χ1n) is 7.25. The van der Waals surface area contributed by atoms with Gasteiger partial charge in [0.05, 0.1) is 5.52 Å². The lowest BCUT2D eigenvalue weighted by atomic mass is 10.2. The van der Waals surface area contributed by atoms with Gasteiger partial charge in [-0.05, 0) is 23.9 Å². The molecule has 0 radical (unpaired) electrons. The molecule has 0 spiro atoms. The van der Waals surface area contributed by atoms with Crippen molar-refractivity contribution in [2.24, 2.45) is 0 Å². The summed E-state index contributed by atoms with van der Waals surface area (Å²) < 4.78 is 1.58. The maximum Gasteiger partial charge on any atom is 0.255 e. The van der Waals surface area contributed by atoms with Crippen LogP contribution in [0, 0.1) is 0 Å². The predicted molar refractivity (Wildman–Crippen MR) is 96.1 cm³/mol. The SMILES string of the molecule is Nc1nc(-n2nc(Sc3ncccn3)c3ccccc32)nc(N)c1N. The van der Waals surface area contributed by atoms with E-state index >= 15 is 0 Å². The van der Waals surface area contributed by atoms with Crippen LogP contribution in [-0.4, -0.2) is 29.7 Å². The number of fused-ring (bicyclic) bond motifs is 1. The molecule has 0 aliphatic heterocycles. The highest BCUT2D eigenvalue weighted by molar-refractivity contribution is 7.99. The van der Waals surface area contributed by atoms with E-state index in [1.54, 1.807) is 23.1 Å². The second-order valence-corrected chi connectivity index (χ2v) is 6.03. The number of benzene rings is 1. The Kier molecular flexibility index (Phi) is 3.58. The number of hydrogen-bond acceptors (Lipinski definition) is 9. The van der Waals surface area contributed by atoms with Crippen LogP contribution in [0.15, 0.2) is 52.9 Å². The Bertz CT molecular complexity index is 1040. The third-order valence-corrected chi connectivity index (χ3v) is 4.35. The van der Waals surface area contributed by atoms with Crippen molar-refractivity contribution in [3.63, 3.8) is 0 Å². The highest BCUT2D eigenvalue weighted by atomic mass is 32.2. The van der Waals surface area contributed by atoms with E-state index in [2.05, 4.69) is 25.0 Å². The summed E-state index contributed by atoms with van der Waals surface area (Å²) in [6.45, 7) is 0. The van der Waals surface area contributed by atoms with Gasteiger partial charge in [-0.1, -0.05) is 18.2 Å². The van der Waals surface area contributed by atoms with E-state index in [4.69, 9.17) is 17.2 Å². The van der Waals surface area contributed by atoms with E-state index < -0.39 is 0 Å². The molecule has 124 valence electrons. The van der Waals surface area contributed by atoms with Crippen LogP contribution >= 0.6 is 11.8 Å². The molecule has 0 saturated carbocycles. The zero-order chi connectivity index (χ0) is 17.4. The summed E-state index contributed by atoms with van der Waals surface area (Å²) in [4.78, 5) is 16.8. The number of nitrogen functional groups attached to an aromatic ring is 3. The molecule has 0 saturated heterocycles. The topological polar surface area (TPSA) is 147 Å². The summed E-state index contributed by atoms with van der Waals surface area (Å²) in [6.07, 6.45) is 3.36. The van der Waals surface area contributed by atoms with Crippen LogP contribution in [0.1, 0.15) is 0 Å². The van der Waals surface area contributed by atoms with Gasteiger partial charge >= 0.3 is 0 Å². The summed E-state index contributed by atoms with van der Waals surface area (Å²) in [6, 6.07) is 9.45. The van der Waals surface area contributed by atoms with E-state index in [0.29, 0.717) is 5.16 Å². The van der Waals surface area contributed by atoms with Gasteiger partial charge in [-0.25, -0.2) is 9.97 Å². The molecule has 0 aliphatic rings. The van der Waals surface area contributed by atoms with E-state index in [0.717, 1.165) is 15.9 Å². The van der Waals surface area contributed by atoms with Crippen molar-refractivity contribution < 1.29 is 0 Å². The van der Waals surface area contributed by atoms with Crippen LogP contribution in [0.2, 0.25) is 0 Å². The molecule has 9 nitrogen and oxygen atoms in total. The predicted octanol–water partition coefficient (Wildman–Crippen LogP) is 1.50. The lowest BCUT2D eigenvalue weighted by Crippen LogP contribution is -2.11. The van der Waals surface area contributed by atoms with Gasteiger partial charge in [0, 0.05) is 17.8 Å². The molecule has 3 aromatic heterocycles. The van der Waals surface area contributed by atoms with Crippen LogP contribution in [0.5, 0.6) is 0 Å². The molecular weight excluding hydrogens is 338 g/mol. The minimum Gasteiger partial charge on any atom is -0.393 e. The van der Waals surface area contributed by atoms with E-state index in [1.165, 1.54) is 11.8 Å². The molecule has 25 heavy (non-hydrogen) atoms. The molecule has 0 unspecified atom stereocenters. The highest BCUT2D eigenvalue weighted by Gasteiger charge is 2.17. The molecule has 0 amide bonds. The zero-order valence-electron chi connectivity index (χ0n) is 12.9. The average molecular weight is 351 g/mol. The van der Waals surface area contributed by atoms with Crippen molar-refractivity contribution in [3.05, 3.63) is 42.7 Å². The fourth-order valence-corrected chi connectivity index (χ4v) is 3.08. The molecule has 4 aromatic rings. The highest BCUT2D eigenvalue weighted by Crippen LogP contribution is 2.32. The summed E-state index contributed by atoms with van der Waals surface area (Å²) in [7, 11) is 0. The zero-order valence-corrected chi connectivity index (χ0v) is 13.7. The minimum atomic E-state index is 0.114. The van der Waals surface area contributed by atoms with Gasteiger partial charge in [-0.2, -0.15) is 19.7 Å². The summed E-state index contributed by atoms with van der Waals surface area (Å²) in [5, 5.41) is 6.82. The van der Waals surface area contributed by atoms with Crippen molar-refractivity contribution in [2.75, 3.05) is 17.2 Å². The molecule has 0 aliphatic carbocycles. The van der Waals surface area contributed by atoms with Crippen molar-refractivity contribution >= 4 is 40.0 Å². The normalized spacial score (nSPS) is 11.0. The molecule has 0 fully saturated rings. The van der Waals surface area contributed by atoms with Gasteiger partial charge in [0.2, 0.25) is 0 Å². The summed E-state index contributed by atoms with van der Waals surface area (Å²) >= 11 is 1.35. The molecule has 10 heteroatoms. The Morgan fingerprint density at radius 3 is 2.28 bits per heavy atom. The largest absolute Gasteiger partial charge is 0.393 e. The smallest absolute Gasteiger partial charge is 0.255 e. The first-order chi connectivity index (χ1) is 12.1. The molecule has 0 bridgehead atoms. The minimum absolute atomic E-state index is 0.114. The number of nitrogens with zero attached hydrogens (tertiary/aromatic N) is 6. The fraction of sp³-hybridized carbons (Fsp3) is 0. The maximum atomic E-state index is 5.81. The molecular formula is C15H13N9S. The number of nitrogens with two attached hydrogens (primary N) is 3. The van der Waals surface area contributed by atoms with Gasteiger partial charge in [-0.3, -0.25) is 0 Å². The monoisotopic (exact) mass is 351 g/mol. The standard InChI is InChI=1S/C15H13N9S/c16-10-11(17)21-14(22-12(10)18)24-9-5-2-1-4-8(9)13(23-24)25-15-19-6-3-7-20-15/h1-7H,16H2,(H4,17,18,21,22). The Balaban J connectivity index is 1.88. The van der Waals surface area contributed by atoms with Crippen molar-refractivity contribution in [1.29, 1.82) is 0 Å². The Morgan fingerprint density at radius 2 is 1.56 bits per heavy atom. The van der Waals surface area contributed by atoms with E-state index in [1.807, 2.05) is 24.3 Å². The van der Waals surface area contributed by atoms with Gasteiger partial charge in [-0.15, -0.1) is 0 Å². The second-order valence-electron chi connectivity index (χ2n) is 5.08.